The number of ether oxygens (including phenoxy) is 1. The van der Waals surface area contributed by atoms with Gasteiger partial charge in [0, 0.05) is 19.0 Å². The van der Waals surface area contributed by atoms with Crippen molar-refractivity contribution in [2.75, 3.05) is 19.8 Å². The highest BCUT2D eigenvalue weighted by atomic mass is 16.5. The molecule has 1 aromatic heterocycles. The number of amides is 1. The van der Waals surface area contributed by atoms with E-state index in [0.717, 1.165) is 13.0 Å². The van der Waals surface area contributed by atoms with E-state index in [1.807, 2.05) is 0 Å². The molecular formula is C11H17N3O4. The molecule has 0 unspecified atom stereocenters. The summed E-state index contributed by atoms with van der Waals surface area (Å²) in [4.78, 5) is 11.9. The van der Waals surface area contributed by atoms with Crippen LogP contribution in [-0.2, 0) is 6.54 Å². The van der Waals surface area contributed by atoms with Gasteiger partial charge in [-0.3, -0.25) is 4.79 Å². The molecule has 7 nitrogen and oxygen atoms in total. The van der Waals surface area contributed by atoms with Gasteiger partial charge in [0.1, 0.15) is 0 Å². The first-order valence-corrected chi connectivity index (χ1v) is 5.83. The minimum atomic E-state index is -1.05. The number of aliphatic hydroxyl groups excluding tert-OH is 2. The minimum absolute atomic E-state index is 0.222. The van der Waals surface area contributed by atoms with Crippen LogP contribution in [0.1, 0.15) is 23.8 Å². The number of nitrogens with one attached hydrogen (secondary N) is 1. The van der Waals surface area contributed by atoms with Crippen molar-refractivity contribution in [3.63, 3.8) is 0 Å². The molecule has 2 rings (SSSR count). The van der Waals surface area contributed by atoms with Gasteiger partial charge in [-0.2, -0.15) is 5.10 Å². The molecule has 1 aliphatic rings. The molecule has 0 atom stereocenters. The third-order valence-electron chi connectivity index (χ3n) is 2.85. The summed E-state index contributed by atoms with van der Waals surface area (Å²) in [7, 11) is 0. The Morgan fingerprint density at radius 2 is 2.33 bits per heavy atom. The van der Waals surface area contributed by atoms with Crippen molar-refractivity contribution >= 4 is 5.91 Å². The summed E-state index contributed by atoms with van der Waals surface area (Å²) in [6, 6.07) is 1.56. The Morgan fingerprint density at radius 1 is 1.61 bits per heavy atom. The average molecular weight is 255 g/mol. The fourth-order valence-corrected chi connectivity index (χ4v) is 1.65. The van der Waals surface area contributed by atoms with Gasteiger partial charge in [0.25, 0.3) is 5.91 Å². The molecule has 7 heteroatoms. The zero-order chi connectivity index (χ0) is 13.2. The molecule has 1 aliphatic heterocycles. The second-order valence-corrected chi connectivity index (χ2v) is 4.62. The molecule has 0 radical (unpaired) electrons. The van der Waals surface area contributed by atoms with E-state index >= 15 is 0 Å². The summed E-state index contributed by atoms with van der Waals surface area (Å²) in [5.74, 6) is 0.132. The second-order valence-electron chi connectivity index (χ2n) is 4.62. The largest absolute Gasteiger partial charge is 0.478 e. The Hall–Kier alpha value is -1.60. The maximum Gasteiger partial charge on any atom is 0.272 e. The van der Waals surface area contributed by atoms with Crippen molar-refractivity contribution in [2.45, 2.75) is 25.4 Å². The number of carbonyl (C=O) groups excluding carboxylic acids is 1. The van der Waals surface area contributed by atoms with Gasteiger partial charge in [0.05, 0.1) is 25.4 Å². The summed E-state index contributed by atoms with van der Waals surface area (Å²) in [6.45, 7) is 2.20. The minimum Gasteiger partial charge on any atom is -0.478 e. The highest BCUT2D eigenvalue weighted by molar-refractivity contribution is 5.93. The van der Waals surface area contributed by atoms with Crippen LogP contribution in [0.25, 0.3) is 0 Å². The standard InChI is InChI=1S/C11H17N3O4/c1-11(6-15,7-16)12-10(17)8-5-9-14(13-8)3-2-4-18-9/h5,15-16H,2-4,6-7H2,1H3,(H,12,17). The molecule has 0 aliphatic carbocycles. The van der Waals surface area contributed by atoms with Crippen LogP contribution >= 0.6 is 0 Å². The summed E-state index contributed by atoms with van der Waals surface area (Å²) in [5, 5.41) is 24.9. The van der Waals surface area contributed by atoms with Crippen LogP contribution in [0.3, 0.4) is 0 Å². The molecule has 0 saturated heterocycles. The lowest BCUT2D eigenvalue weighted by atomic mass is 10.1. The lowest BCUT2D eigenvalue weighted by molar-refractivity contribution is 0.0719. The summed E-state index contributed by atoms with van der Waals surface area (Å²) >= 11 is 0. The first-order chi connectivity index (χ1) is 8.58. The lowest BCUT2D eigenvalue weighted by Crippen LogP contribution is -2.51. The Morgan fingerprint density at radius 3 is 2.94 bits per heavy atom. The lowest BCUT2D eigenvalue weighted by Gasteiger charge is -2.25. The number of fused-ring (bicyclic) bond motifs is 1. The monoisotopic (exact) mass is 255 g/mol. The van der Waals surface area contributed by atoms with E-state index in [1.165, 1.54) is 0 Å². The number of aromatic nitrogens is 2. The first kappa shape index (κ1) is 12.8. The number of aliphatic hydroxyl groups is 2. The van der Waals surface area contributed by atoms with Gasteiger partial charge < -0.3 is 20.3 Å². The Kier molecular flexibility index (Phi) is 3.53. The van der Waals surface area contributed by atoms with E-state index in [4.69, 9.17) is 14.9 Å². The molecule has 0 aromatic carbocycles. The number of nitrogens with zero attached hydrogens (tertiary/aromatic N) is 2. The van der Waals surface area contributed by atoms with Crippen molar-refractivity contribution in [3.05, 3.63) is 11.8 Å². The number of rotatable bonds is 4. The molecule has 1 amide bonds. The van der Waals surface area contributed by atoms with E-state index in [2.05, 4.69) is 10.4 Å². The van der Waals surface area contributed by atoms with Crippen LogP contribution in [0, 0.1) is 0 Å². The SMILES string of the molecule is CC(CO)(CO)NC(=O)c1cc2n(n1)CCCO2. The summed E-state index contributed by atoms with van der Waals surface area (Å²) in [6.07, 6.45) is 0.862. The van der Waals surface area contributed by atoms with Crippen molar-refractivity contribution < 1.29 is 19.7 Å². The van der Waals surface area contributed by atoms with Crippen molar-refractivity contribution in [1.82, 2.24) is 15.1 Å². The first-order valence-electron chi connectivity index (χ1n) is 5.83. The molecule has 0 saturated carbocycles. The maximum absolute atomic E-state index is 11.9. The molecule has 0 bridgehead atoms. The molecule has 0 spiro atoms. The van der Waals surface area contributed by atoms with Gasteiger partial charge in [-0.05, 0) is 6.92 Å². The van der Waals surface area contributed by atoms with Crippen LogP contribution in [0.15, 0.2) is 6.07 Å². The normalized spacial score (nSPS) is 14.8. The van der Waals surface area contributed by atoms with Crippen LogP contribution < -0.4 is 10.1 Å². The fraction of sp³-hybridized carbons (Fsp3) is 0.636. The summed E-state index contributed by atoms with van der Waals surface area (Å²) in [5.41, 5.74) is -0.831. The zero-order valence-electron chi connectivity index (χ0n) is 10.2. The van der Waals surface area contributed by atoms with E-state index in [9.17, 15) is 4.79 Å². The summed E-state index contributed by atoms with van der Waals surface area (Å²) < 4.78 is 6.99. The number of hydrogen-bond acceptors (Lipinski definition) is 5. The van der Waals surface area contributed by atoms with Crippen molar-refractivity contribution in [2.24, 2.45) is 0 Å². The third-order valence-corrected chi connectivity index (χ3v) is 2.85. The predicted molar refractivity (Wildman–Crippen MR) is 62.4 cm³/mol. The number of carbonyl (C=O) groups is 1. The average Bonchev–Trinajstić information content (AvgIpc) is 2.82. The van der Waals surface area contributed by atoms with Gasteiger partial charge in [-0.25, -0.2) is 4.68 Å². The Balaban J connectivity index is 2.11. The van der Waals surface area contributed by atoms with Gasteiger partial charge in [-0.15, -0.1) is 0 Å². The molecule has 0 fully saturated rings. The fourth-order valence-electron chi connectivity index (χ4n) is 1.65. The van der Waals surface area contributed by atoms with Crippen LogP contribution in [0.5, 0.6) is 5.88 Å². The van der Waals surface area contributed by atoms with Crippen molar-refractivity contribution in [3.8, 4) is 5.88 Å². The molecule has 1 aromatic rings. The predicted octanol–water partition coefficient (Wildman–Crippen LogP) is -0.861. The smallest absolute Gasteiger partial charge is 0.272 e. The van der Waals surface area contributed by atoms with Crippen LogP contribution in [0.4, 0.5) is 0 Å². The zero-order valence-corrected chi connectivity index (χ0v) is 10.2. The van der Waals surface area contributed by atoms with Gasteiger partial charge in [-0.1, -0.05) is 0 Å². The third kappa shape index (κ3) is 2.46. The molecule has 100 valence electrons. The van der Waals surface area contributed by atoms with E-state index in [1.54, 1.807) is 17.7 Å². The molecule has 2 heterocycles. The Labute approximate surface area is 104 Å². The van der Waals surface area contributed by atoms with Gasteiger partial charge in [0.2, 0.25) is 5.88 Å². The highest BCUT2D eigenvalue weighted by Gasteiger charge is 2.27. The van der Waals surface area contributed by atoms with Gasteiger partial charge in [0.15, 0.2) is 5.69 Å². The quantitative estimate of drug-likeness (QED) is 0.650. The van der Waals surface area contributed by atoms with Crippen LogP contribution in [0.2, 0.25) is 0 Å². The molecular weight excluding hydrogens is 238 g/mol. The Bertz CT molecular complexity index is 416. The van der Waals surface area contributed by atoms with Crippen LogP contribution in [-0.4, -0.2) is 51.3 Å². The number of aryl methyl sites for hydroxylation is 1. The molecule has 18 heavy (non-hydrogen) atoms. The molecule has 3 N–H and O–H groups in total. The topological polar surface area (TPSA) is 96.6 Å². The van der Waals surface area contributed by atoms with E-state index in [-0.39, 0.29) is 18.9 Å². The van der Waals surface area contributed by atoms with E-state index in [0.29, 0.717) is 12.5 Å². The second kappa shape index (κ2) is 4.95. The van der Waals surface area contributed by atoms with Gasteiger partial charge >= 0.3 is 0 Å². The number of hydrogen-bond donors (Lipinski definition) is 3. The van der Waals surface area contributed by atoms with E-state index < -0.39 is 11.4 Å². The van der Waals surface area contributed by atoms with Crippen molar-refractivity contribution in [1.29, 1.82) is 0 Å². The highest BCUT2D eigenvalue weighted by Crippen LogP contribution is 2.18. The maximum atomic E-state index is 11.9.